The molecule has 0 aliphatic rings. The molecule has 0 spiro atoms. The van der Waals surface area contributed by atoms with Gasteiger partial charge in [0.2, 0.25) is 0 Å². The van der Waals surface area contributed by atoms with Crippen molar-refractivity contribution < 1.29 is 8.42 Å². The summed E-state index contributed by atoms with van der Waals surface area (Å²) in [7, 11) is 1.27. The minimum Gasteiger partial charge on any atom is -0.238 e. The lowest BCUT2D eigenvalue weighted by molar-refractivity contribution is 0.598. The number of halogens is 1. The van der Waals surface area contributed by atoms with Crippen LogP contribution in [0.25, 0.3) is 5.82 Å². The molecule has 0 aliphatic carbocycles. The molecule has 0 atom stereocenters. The van der Waals surface area contributed by atoms with Gasteiger partial charge in [0.1, 0.15) is 17.5 Å². The lowest BCUT2D eigenvalue weighted by Gasteiger charge is -2.06. The molecule has 2 heterocycles. The molecule has 20 heavy (non-hydrogen) atoms. The molecule has 9 heteroatoms. The summed E-state index contributed by atoms with van der Waals surface area (Å²) in [5.74, 6) is 0.711. The van der Waals surface area contributed by atoms with E-state index in [1.165, 1.54) is 6.92 Å². The number of hydrogen-bond acceptors (Lipinski definition) is 6. The zero-order valence-electron chi connectivity index (χ0n) is 10.9. The van der Waals surface area contributed by atoms with Gasteiger partial charge in [-0.25, -0.2) is 23.1 Å². The topological polar surface area (TPSA) is 102 Å². The summed E-state index contributed by atoms with van der Waals surface area (Å²) in [6.07, 6.45) is 0. The second kappa shape index (κ2) is 4.85. The maximum atomic E-state index is 11.7. The smallest absolute Gasteiger partial charge is 0.238 e. The Hall–Kier alpha value is -1.98. The van der Waals surface area contributed by atoms with Gasteiger partial charge < -0.3 is 0 Å². The van der Waals surface area contributed by atoms with Crippen molar-refractivity contribution in [1.29, 1.82) is 5.26 Å². The molecule has 0 saturated heterocycles. The highest BCUT2D eigenvalue weighted by Crippen LogP contribution is 2.25. The monoisotopic (exact) mass is 311 g/mol. The van der Waals surface area contributed by atoms with E-state index in [-0.39, 0.29) is 22.1 Å². The Morgan fingerprint density at radius 1 is 1.30 bits per heavy atom. The Morgan fingerprint density at radius 2 is 1.95 bits per heavy atom. The average molecular weight is 312 g/mol. The zero-order chi connectivity index (χ0) is 15.1. The van der Waals surface area contributed by atoms with Crippen LogP contribution < -0.4 is 0 Å². The predicted octanol–water partition coefficient (Wildman–Crippen LogP) is 1.39. The highest BCUT2D eigenvalue weighted by Gasteiger charge is 2.27. The van der Waals surface area contributed by atoms with Crippen molar-refractivity contribution in [2.75, 3.05) is 0 Å². The Labute approximate surface area is 120 Å². The largest absolute Gasteiger partial charge is 0.280 e. The standard InChI is InChI=1S/C11H10ClN5O2S/c1-6-4-10(15-8(3)14-6)17-11(20(12,18)19)9(5-13)7(2)16-17/h4H,1-3H3. The highest BCUT2D eigenvalue weighted by molar-refractivity contribution is 8.13. The fourth-order valence-electron chi connectivity index (χ4n) is 1.82. The number of nitrogens with zero attached hydrogens (tertiary/aromatic N) is 5. The summed E-state index contributed by atoms with van der Waals surface area (Å²) in [4.78, 5) is 8.23. The van der Waals surface area contributed by atoms with E-state index in [0.29, 0.717) is 11.5 Å². The molecule has 0 unspecified atom stereocenters. The molecule has 0 saturated carbocycles. The van der Waals surface area contributed by atoms with Crippen LogP contribution in [-0.2, 0) is 9.05 Å². The van der Waals surface area contributed by atoms with Crippen LogP contribution in [0.2, 0.25) is 0 Å². The molecule has 104 valence electrons. The maximum absolute atomic E-state index is 11.7. The molecule has 2 aromatic rings. The fourth-order valence-corrected chi connectivity index (χ4v) is 3.03. The van der Waals surface area contributed by atoms with Gasteiger partial charge in [-0.15, -0.1) is 0 Å². The van der Waals surface area contributed by atoms with Crippen LogP contribution in [-0.4, -0.2) is 28.2 Å². The first-order chi connectivity index (χ1) is 9.24. The second-order valence-corrected chi connectivity index (χ2v) is 6.62. The normalized spacial score (nSPS) is 11.3. The van der Waals surface area contributed by atoms with Gasteiger partial charge in [0.25, 0.3) is 9.05 Å². The van der Waals surface area contributed by atoms with Gasteiger partial charge in [-0.3, -0.25) is 0 Å². The van der Waals surface area contributed by atoms with Crippen LogP contribution in [0.4, 0.5) is 0 Å². The Balaban J connectivity index is 2.85. The summed E-state index contributed by atoms with van der Waals surface area (Å²) >= 11 is 0. The van der Waals surface area contributed by atoms with Gasteiger partial charge in [-0.2, -0.15) is 10.4 Å². The predicted molar refractivity (Wildman–Crippen MR) is 71.1 cm³/mol. The third kappa shape index (κ3) is 2.50. The minimum atomic E-state index is -4.14. The first-order valence-electron chi connectivity index (χ1n) is 5.51. The molecule has 2 aromatic heterocycles. The third-order valence-electron chi connectivity index (χ3n) is 2.53. The van der Waals surface area contributed by atoms with E-state index in [1.807, 2.05) is 0 Å². The number of hydrogen-bond donors (Lipinski definition) is 0. The molecule has 2 rings (SSSR count). The molecule has 0 bridgehead atoms. The lowest BCUT2D eigenvalue weighted by Crippen LogP contribution is -2.09. The summed E-state index contributed by atoms with van der Waals surface area (Å²) < 4.78 is 24.5. The molecular weight excluding hydrogens is 302 g/mol. The summed E-state index contributed by atoms with van der Waals surface area (Å²) in [6.45, 7) is 4.95. The van der Waals surface area contributed by atoms with Gasteiger partial charge in [0.05, 0.1) is 5.69 Å². The molecule has 7 nitrogen and oxygen atoms in total. The molecule has 0 N–H and O–H groups in total. The summed E-state index contributed by atoms with van der Waals surface area (Å²) in [5, 5.41) is 12.7. The first-order valence-corrected chi connectivity index (χ1v) is 7.82. The van der Waals surface area contributed by atoms with E-state index in [1.54, 1.807) is 26.0 Å². The van der Waals surface area contributed by atoms with E-state index >= 15 is 0 Å². The van der Waals surface area contributed by atoms with Crippen LogP contribution in [0, 0.1) is 32.1 Å². The third-order valence-corrected chi connectivity index (χ3v) is 3.81. The SMILES string of the molecule is Cc1cc(-n2nc(C)c(C#N)c2S(=O)(=O)Cl)nc(C)n1. The van der Waals surface area contributed by atoms with Crippen molar-refractivity contribution >= 4 is 19.7 Å². The molecule has 0 radical (unpaired) electrons. The Morgan fingerprint density at radius 3 is 2.45 bits per heavy atom. The van der Waals surface area contributed by atoms with E-state index in [9.17, 15) is 8.42 Å². The van der Waals surface area contributed by atoms with Gasteiger partial charge in [-0.05, 0) is 20.8 Å². The van der Waals surface area contributed by atoms with Crippen LogP contribution in [0.5, 0.6) is 0 Å². The first kappa shape index (κ1) is 14.4. The van der Waals surface area contributed by atoms with Crippen LogP contribution in [0.15, 0.2) is 11.1 Å². The van der Waals surface area contributed by atoms with E-state index in [4.69, 9.17) is 15.9 Å². The van der Waals surface area contributed by atoms with Gasteiger partial charge in [0.15, 0.2) is 10.8 Å². The van der Waals surface area contributed by atoms with Crippen molar-refractivity contribution in [3.05, 3.63) is 28.8 Å². The summed E-state index contributed by atoms with van der Waals surface area (Å²) in [5.41, 5.74) is 0.826. The van der Waals surface area contributed by atoms with Crippen molar-refractivity contribution in [1.82, 2.24) is 19.7 Å². The highest BCUT2D eigenvalue weighted by atomic mass is 35.7. The number of aromatic nitrogens is 4. The van der Waals surface area contributed by atoms with Gasteiger partial charge in [0, 0.05) is 22.4 Å². The van der Waals surface area contributed by atoms with Crippen molar-refractivity contribution in [2.24, 2.45) is 0 Å². The fraction of sp³-hybridized carbons (Fsp3) is 0.273. The van der Waals surface area contributed by atoms with Crippen LogP contribution >= 0.6 is 10.7 Å². The molecule has 0 amide bonds. The average Bonchev–Trinajstić information content (AvgIpc) is 2.64. The van der Waals surface area contributed by atoms with Crippen LogP contribution in [0.3, 0.4) is 0 Å². The van der Waals surface area contributed by atoms with Crippen molar-refractivity contribution in [2.45, 2.75) is 25.8 Å². The second-order valence-electron chi connectivity index (χ2n) is 4.14. The van der Waals surface area contributed by atoms with Gasteiger partial charge in [-0.1, -0.05) is 0 Å². The van der Waals surface area contributed by atoms with Crippen molar-refractivity contribution in [3.8, 4) is 11.9 Å². The summed E-state index contributed by atoms with van der Waals surface area (Å²) in [6, 6.07) is 3.36. The molecule has 0 aromatic carbocycles. The van der Waals surface area contributed by atoms with Crippen LogP contribution in [0.1, 0.15) is 22.8 Å². The molecular formula is C11H10ClN5O2S. The zero-order valence-corrected chi connectivity index (χ0v) is 12.5. The maximum Gasteiger partial charge on any atom is 0.280 e. The van der Waals surface area contributed by atoms with E-state index in [0.717, 1.165) is 4.68 Å². The number of nitriles is 1. The minimum absolute atomic E-state index is 0.0890. The van der Waals surface area contributed by atoms with Gasteiger partial charge >= 0.3 is 0 Å². The Kier molecular flexibility index (Phi) is 3.50. The molecule has 0 fully saturated rings. The lowest BCUT2D eigenvalue weighted by atomic mass is 10.3. The van der Waals surface area contributed by atoms with E-state index < -0.39 is 9.05 Å². The number of aryl methyl sites for hydroxylation is 3. The molecule has 0 aliphatic heterocycles. The van der Waals surface area contributed by atoms with Crippen molar-refractivity contribution in [3.63, 3.8) is 0 Å². The number of rotatable bonds is 2. The Bertz CT molecular complexity index is 815. The van der Waals surface area contributed by atoms with E-state index in [2.05, 4.69) is 15.1 Å². The quantitative estimate of drug-likeness (QED) is 0.777.